The van der Waals surface area contributed by atoms with E-state index in [-0.39, 0.29) is 30.5 Å². The van der Waals surface area contributed by atoms with Crippen LogP contribution in [-0.4, -0.2) is 43.2 Å². The molecule has 0 heterocycles. The van der Waals surface area contributed by atoms with E-state index in [9.17, 15) is 14.4 Å². The molecule has 0 aromatic heterocycles. The molecule has 0 saturated carbocycles. The summed E-state index contributed by atoms with van der Waals surface area (Å²) in [5.74, 6) is -1.09. The Bertz CT molecular complexity index is 499. The molecule has 1 aromatic carbocycles. The highest BCUT2D eigenvalue weighted by Crippen LogP contribution is 2.04. The first-order valence-electron chi connectivity index (χ1n) is 6.57. The Labute approximate surface area is 122 Å². The van der Waals surface area contributed by atoms with Gasteiger partial charge in [0.1, 0.15) is 0 Å². The van der Waals surface area contributed by atoms with Crippen LogP contribution in [0.15, 0.2) is 24.3 Å². The van der Waals surface area contributed by atoms with E-state index < -0.39 is 5.97 Å². The molecule has 0 saturated heterocycles. The van der Waals surface area contributed by atoms with Gasteiger partial charge in [-0.05, 0) is 24.1 Å². The Kier molecular flexibility index (Phi) is 6.73. The van der Waals surface area contributed by atoms with Crippen molar-refractivity contribution in [3.63, 3.8) is 0 Å². The summed E-state index contributed by atoms with van der Waals surface area (Å²) in [5, 5.41) is 16.5. The van der Waals surface area contributed by atoms with Gasteiger partial charge in [0, 0.05) is 26.6 Å². The highest BCUT2D eigenvalue weighted by molar-refractivity contribution is 5.87. The molecule has 0 bridgehead atoms. The number of hydrogen-bond acceptors (Lipinski definition) is 3. The Hall–Kier alpha value is -2.57. The summed E-state index contributed by atoms with van der Waals surface area (Å²) >= 11 is 0. The smallest absolute Gasteiger partial charge is 0.335 e. The van der Waals surface area contributed by atoms with Gasteiger partial charge in [-0.2, -0.15) is 0 Å². The minimum atomic E-state index is -0.963. The van der Waals surface area contributed by atoms with Crippen molar-refractivity contribution in [1.29, 1.82) is 0 Å². The number of carboxylic acids is 1. The maximum Gasteiger partial charge on any atom is 0.335 e. The molecule has 0 aliphatic rings. The van der Waals surface area contributed by atoms with Crippen LogP contribution in [0.4, 0.5) is 4.79 Å². The molecule has 1 aromatic rings. The molecule has 0 aliphatic heterocycles. The van der Waals surface area contributed by atoms with Gasteiger partial charge in [0.05, 0.1) is 5.56 Å². The van der Waals surface area contributed by atoms with Crippen LogP contribution >= 0.6 is 0 Å². The van der Waals surface area contributed by atoms with E-state index in [1.807, 2.05) is 0 Å². The van der Waals surface area contributed by atoms with Crippen molar-refractivity contribution >= 4 is 17.9 Å². The van der Waals surface area contributed by atoms with Gasteiger partial charge < -0.3 is 21.1 Å². The fourth-order valence-corrected chi connectivity index (χ4v) is 1.61. The lowest BCUT2D eigenvalue weighted by atomic mass is 10.1. The summed E-state index contributed by atoms with van der Waals surface area (Å²) in [7, 11) is 1.54. The number of amides is 3. The molecule has 0 fully saturated rings. The van der Waals surface area contributed by atoms with Gasteiger partial charge in [0.25, 0.3) is 0 Å². The van der Waals surface area contributed by atoms with Crippen molar-refractivity contribution in [2.45, 2.75) is 12.8 Å². The molecule has 1 rings (SSSR count). The van der Waals surface area contributed by atoms with Crippen LogP contribution in [0.3, 0.4) is 0 Å². The zero-order valence-corrected chi connectivity index (χ0v) is 11.8. The van der Waals surface area contributed by atoms with Crippen molar-refractivity contribution in [2.24, 2.45) is 0 Å². The SMILES string of the molecule is CNC(=O)CCNC(=O)NCCc1ccc(C(=O)O)cc1. The Balaban J connectivity index is 2.22. The molecule has 3 amide bonds. The normalized spacial score (nSPS) is 9.76. The summed E-state index contributed by atoms with van der Waals surface area (Å²) in [6.45, 7) is 0.705. The second-order valence-corrected chi connectivity index (χ2v) is 4.36. The van der Waals surface area contributed by atoms with Crippen molar-refractivity contribution in [3.05, 3.63) is 35.4 Å². The lowest BCUT2D eigenvalue weighted by Gasteiger charge is -2.07. The topological polar surface area (TPSA) is 108 Å². The van der Waals surface area contributed by atoms with Gasteiger partial charge in [0.2, 0.25) is 5.91 Å². The quantitative estimate of drug-likeness (QED) is 0.582. The van der Waals surface area contributed by atoms with Crippen LogP contribution in [0.1, 0.15) is 22.3 Å². The summed E-state index contributed by atoms with van der Waals surface area (Å²) in [6, 6.07) is 6.16. The van der Waals surface area contributed by atoms with Crippen LogP contribution in [0.25, 0.3) is 0 Å². The van der Waals surface area contributed by atoms with Gasteiger partial charge in [-0.25, -0.2) is 9.59 Å². The summed E-state index contributed by atoms with van der Waals surface area (Å²) in [6.07, 6.45) is 0.837. The molecule has 0 unspecified atom stereocenters. The van der Waals surface area contributed by atoms with Gasteiger partial charge >= 0.3 is 12.0 Å². The van der Waals surface area contributed by atoms with Gasteiger partial charge in [0.15, 0.2) is 0 Å². The molecule has 0 atom stereocenters. The maximum absolute atomic E-state index is 11.4. The molecule has 4 N–H and O–H groups in total. The molecule has 21 heavy (non-hydrogen) atoms. The lowest BCUT2D eigenvalue weighted by Crippen LogP contribution is -2.38. The second-order valence-electron chi connectivity index (χ2n) is 4.36. The fourth-order valence-electron chi connectivity index (χ4n) is 1.61. The van der Waals surface area contributed by atoms with Gasteiger partial charge in [-0.15, -0.1) is 0 Å². The average molecular weight is 293 g/mol. The van der Waals surface area contributed by atoms with E-state index in [4.69, 9.17) is 5.11 Å². The molecule has 0 radical (unpaired) electrons. The average Bonchev–Trinajstić information content (AvgIpc) is 2.47. The predicted octanol–water partition coefficient (Wildman–Crippen LogP) is 0.363. The molecular weight excluding hydrogens is 274 g/mol. The Morgan fingerprint density at radius 2 is 1.67 bits per heavy atom. The van der Waals surface area contributed by atoms with E-state index >= 15 is 0 Å². The predicted molar refractivity (Wildman–Crippen MR) is 77.2 cm³/mol. The van der Waals surface area contributed by atoms with Crippen molar-refractivity contribution in [1.82, 2.24) is 16.0 Å². The zero-order chi connectivity index (χ0) is 15.7. The number of benzene rings is 1. The van der Waals surface area contributed by atoms with Gasteiger partial charge in [-0.1, -0.05) is 12.1 Å². The molecule has 114 valence electrons. The number of carbonyl (C=O) groups excluding carboxylic acids is 2. The van der Waals surface area contributed by atoms with Crippen LogP contribution in [-0.2, 0) is 11.2 Å². The van der Waals surface area contributed by atoms with Crippen LogP contribution in [0.5, 0.6) is 0 Å². The Morgan fingerprint density at radius 1 is 1.05 bits per heavy atom. The summed E-state index contributed by atoms with van der Waals surface area (Å²) in [4.78, 5) is 33.0. The molecule has 0 spiro atoms. The highest BCUT2D eigenvalue weighted by Gasteiger charge is 2.03. The third kappa shape index (κ3) is 6.42. The largest absolute Gasteiger partial charge is 0.478 e. The molecular formula is C14H19N3O4. The Morgan fingerprint density at radius 3 is 2.24 bits per heavy atom. The number of urea groups is 1. The number of carbonyl (C=O) groups is 3. The number of carboxylic acid groups (broad SMARTS) is 1. The number of rotatable bonds is 7. The van der Waals surface area contributed by atoms with Crippen LogP contribution in [0, 0.1) is 0 Å². The number of hydrogen-bond donors (Lipinski definition) is 4. The van der Waals surface area contributed by atoms with Crippen molar-refractivity contribution < 1.29 is 19.5 Å². The molecule has 7 heteroatoms. The van der Waals surface area contributed by atoms with Crippen LogP contribution in [0.2, 0.25) is 0 Å². The molecule has 0 aliphatic carbocycles. The lowest BCUT2D eigenvalue weighted by molar-refractivity contribution is -0.120. The monoisotopic (exact) mass is 293 g/mol. The first-order chi connectivity index (χ1) is 10.0. The van der Waals surface area contributed by atoms with E-state index in [1.54, 1.807) is 12.1 Å². The minimum Gasteiger partial charge on any atom is -0.478 e. The number of nitrogens with one attached hydrogen (secondary N) is 3. The maximum atomic E-state index is 11.4. The number of aromatic carboxylic acids is 1. The van der Waals surface area contributed by atoms with E-state index in [0.717, 1.165) is 5.56 Å². The third-order valence-electron chi connectivity index (χ3n) is 2.82. The van der Waals surface area contributed by atoms with Crippen molar-refractivity contribution in [3.8, 4) is 0 Å². The molecule has 7 nitrogen and oxygen atoms in total. The summed E-state index contributed by atoms with van der Waals surface area (Å²) < 4.78 is 0. The van der Waals surface area contributed by atoms with Crippen LogP contribution < -0.4 is 16.0 Å². The minimum absolute atomic E-state index is 0.131. The summed E-state index contributed by atoms with van der Waals surface area (Å²) in [5.41, 5.74) is 1.17. The van der Waals surface area contributed by atoms with E-state index in [2.05, 4.69) is 16.0 Å². The second kappa shape index (κ2) is 8.57. The zero-order valence-electron chi connectivity index (χ0n) is 11.8. The highest BCUT2D eigenvalue weighted by atomic mass is 16.4. The van der Waals surface area contributed by atoms with Gasteiger partial charge in [-0.3, -0.25) is 4.79 Å². The van der Waals surface area contributed by atoms with E-state index in [0.29, 0.717) is 13.0 Å². The van der Waals surface area contributed by atoms with Crippen molar-refractivity contribution in [2.75, 3.05) is 20.1 Å². The standard InChI is InChI=1S/C14H19N3O4/c1-15-12(18)7-9-17-14(21)16-8-6-10-2-4-11(5-3-10)13(19)20/h2-5H,6-9H2,1H3,(H,15,18)(H,19,20)(H2,16,17,21). The first-order valence-corrected chi connectivity index (χ1v) is 6.57. The van der Waals surface area contributed by atoms with E-state index in [1.165, 1.54) is 19.2 Å². The fraction of sp³-hybridized carbons (Fsp3) is 0.357. The first kappa shape index (κ1) is 16.5. The third-order valence-corrected chi connectivity index (χ3v) is 2.82.